The molecule has 1 aromatic carbocycles. The summed E-state index contributed by atoms with van der Waals surface area (Å²) in [6, 6.07) is 1.84. The highest BCUT2D eigenvalue weighted by Crippen LogP contribution is 2.19. The van der Waals surface area contributed by atoms with Gasteiger partial charge in [0.15, 0.2) is 11.6 Å². The summed E-state index contributed by atoms with van der Waals surface area (Å²) >= 11 is 0. The van der Waals surface area contributed by atoms with Crippen molar-refractivity contribution in [1.82, 2.24) is 0 Å². The van der Waals surface area contributed by atoms with E-state index in [1.807, 2.05) is 0 Å². The van der Waals surface area contributed by atoms with Crippen molar-refractivity contribution in [1.29, 1.82) is 0 Å². The number of hydrogen-bond donors (Lipinski definition) is 2. The van der Waals surface area contributed by atoms with Gasteiger partial charge >= 0.3 is 0 Å². The van der Waals surface area contributed by atoms with Gasteiger partial charge in [0.1, 0.15) is 5.82 Å². The summed E-state index contributed by atoms with van der Waals surface area (Å²) in [4.78, 5) is 0. The van der Waals surface area contributed by atoms with E-state index in [1.54, 1.807) is 0 Å². The Morgan fingerprint density at radius 3 is 2.67 bits per heavy atom. The van der Waals surface area contributed by atoms with E-state index in [1.165, 1.54) is 0 Å². The zero-order chi connectivity index (χ0) is 9.14. The van der Waals surface area contributed by atoms with E-state index in [-0.39, 0.29) is 0 Å². The molecule has 3 N–H and O–H groups in total. The summed E-state index contributed by atoms with van der Waals surface area (Å²) in [5.74, 6) is 2.18. The maximum absolute atomic E-state index is 12.8. The molecule has 0 fully saturated rings. The Bertz CT molecular complexity index is 325. The first kappa shape index (κ1) is 8.45. The quantitative estimate of drug-likeness (QED) is 0.376. The van der Waals surface area contributed by atoms with Crippen LogP contribution < -0.4 is 5.84 Å². The summed E-state index contributed by atoms with van der Waals surface area (Å²) < 4.78 is 25.5. The molecule has 12 heavy (non-hydrogen) atoms. The van der Waals surface area contributed by atoms with Gasteiger partial charge in [-0.3, -0.25) is 0 Å². The number of hydrogen-bond acceptors (Lipinski definition) is 3. The van der Waals surface area contributed by atoms with Crippen molar-refractivity contribution in [2.24, 2.45) is 10.9 Å². The minimum absolute atomic E-state index is 0.447. The van der Waals surface area contributed by atoms with Crippen LogP contribution >= 0.6 is 0 Å². The predicted molar refractivity (Wildman–Crippen MR) is 39.8 cm³/mol. The van der Waals surface area contributed by atoms with Crippen molar-refractivity contribution in [3.8, 4) is 5.75 Å². The molecular weight excluding hydrogens is 166 g/mol. The zero-order valence-electron chi connectivity index (χ0n) is 5.96. The van der Waals surface area contributed by atoms with Crippen LogP contribution in [0.15, 0.2) is 17.2 Å². The second-order valence-electron chi connectivity index (χ2n) is 2.07. The SMILES string of the molecule is NN=Cc1c(F)ccc(O)c1F. The second-order valence-corrected chi connectivity index (χ2v) is 2.07. The molecule has 0 aliphatic carbocycles. The third kappa shape index (κ3) is 1.34. The van der Waals surface area contributed by atoms with Crippen LogP contribution in [-0.4, -0.2) is 11.3 Å². The molecule has 0 saturated heterocycles. The Labute approximate surface area is 67.1 Å². The number of nitrogens with two attached hydrogens (primary N) is 1. The molecule has 3 nitrogen and oxygen atoms in total. The van der Waals surface area contributed by atoms with Crippen molar-refractivity contribution in [3.05, 3.63) is 29.3 Å². The standard InChI is InChI=1S/C7H6F2N2O/c8-5-1-2-6(12)7(9)4(5)3-11-10/h1-3,12H,10H2. The average Bonchev–Trinajstić information content (AvgIpc) is 2.06. The first-order valence-corrected chi connectivity index (χ1v) is 3.07. The molecule has 5 heteroatoms. The smallest absolute Gasteiger partial charge is 0.176 e. The van der Waals surface area contributed by atoms with Crippen LogP contribution in [0.4, 0.5) is 8.78 Å². The minimum Gasteiger partial charge on any atom is -0.505 e. The number of hydrazone groups is 1. The van der Waals surface area contributed by atoms with Gasteiger partial charge in [-0.15, -0.1) is 0 Å². The molecule has 0 aromatic heterocycles. The number of aromatic hydroxyl groups is 1. The van der Waals surface area contributed by atoms with Crippen LogP contribution in [0.3, 0.4) is 0 Å². The summed E-state index contributed by atoms with van der Waals surface area (Å²) in [6.07, 6.45) is 0.796. The van der Waals surface area contributed by atoms with E-state index in [9.17, 15) is 8.78 Å². The molecule has 0 spiro atoms. The minimum atomic E-state index is -1.07. The van der Waals surface area contributed by atoms with Crippen molar-refractivity contribution in [2.75, 3.05) is 0 Å². The van der Waals surface area contributed by atoms with Gasteiger partial charge in [0.25, 0.3) is 0 Å². The van der Waals surface area contributed by atoms with Crippen LogP contribution in [0, 0.1) is 11.6 Å². The van der Waals surface area contributed by atoms with Crippen molar-refractivity contribution in [2.45, 2.75) is 0 Å². The lowest BCUT2D eigenvalue weighted by atomic mass is 10.2. The lowest BCUT2D eigenvalue weighted by molar-refractivity contribution is 0.427. The summed E-state index contributed by atoms with van der Waals surface area (Å²) in [5.41, 5.74) is -0.447. The molecule has 0 atom stereocenters. The fourth-order valence-electron chi connectivity index (χ4n) is 0.751. The number of rotatable bonds is 1. The van der Waals surface area contributed by atoms with Crippen LogP contribution in [0.5, 0.6) is 5.75 Å². The second kappa shape index (κ2) is 3.17. The number of halogens is 2. The molecule has 64 valence electrons. The highest BCUT2D eigenvalue weighted by Gasteiger charge is 2.10. The topological polar surface area (TPSA) is 58.6 Å². The molecule has 0 aliphatic rings. The van der Waals surface area contributed by atoms with Crippen LogP contribution in [0.2, 0.25) is 0 Å². The third-order valence-corrected chi connectivity index (χ3v) is 1.31. The molecule has 0 unspecified atom stereocenters. The first-order valence-electron chi connectivity index (χ1n) is 3.07. The molecule has 0 amide bonds. The lowest BCUT2D eigenvalue weighted by Gasteiger charge is -1.99. The third-order valence-electron chi connectivity index (χ3n) is 1.31. The van der Waals surface area contributed by atoms with Crippen molar-refractivity contribution >= 4 is 6.21 Å². The molecule has 1 aromatic rings. The number of phenolic OH excluding ortho intramolecular Hbond substituents is 1. The number of nitrogens with zero attached hydrogens (tertiary/aromatic N) is 1. The van der Waals surface area contributed by atoms with E-state index in [4.69, 9.17) is 10.9 Å². The molecule has 0 aliphatic heterocycles. The van der Waals surface area contributed by atoms with Gasteiger partial charge in [-0.05, 0) is 12.1 Å². The first-order chi connectivity index (χ1) is 5.66. The summed E-state index contributed by atoms with van der Waals surface area (Å²) in [5, 5.41) is 11.8. The maximum atomic E-state index is 12.8. The number of benzene rings is 1. The van der Waals surface area contributed by atoms with E-state index < -0.39 is 22.9 Å². The average molecular weight is 172 g/mol. The van der Waals surface area contributed by atoms with Gasteiger partial charge in [0, 0.05) is 0 Å². The Hall–Kier alpha value is -1.65. The number of phenols is 1. The van der Waals surface area contributed by atoms with E-state index >= 15 is 0 Å². The van der Waals surface area contributed by atoms with Gasteiger partial charge in [-0.1, -0.05) is 0 Å². The Morgan fingerprint density at radius 2 is 2.08 bits per heavy atom. The fraction of sp³-hybridized carbons (Fsp3) is 0. The Morgan fingerprint density at radius 1 is 1.42 bits per heavy atom. The highest BCUT2D eigenvalue weighted by atomic mass is 19.1. The largest absolute Gasteiger partial charge is 0.505 e. The van der Waals surface area contributed by atoms with Gasteiger partial charge in [0.2, 0.25) is 0 Å². The Kier molecular flexibility index (Phi) is 2.23. The molecular formula is C7H6F2N2O. The predicted octanol–water partition coefficient (Wildman–Crippen LogP) is 0.963. The van der Waals surface area contributed by atoms with Crippen LogP contribution in [0.1, 0.15) is 5.56 Å². The van der Waals surface area contributed by atoms with E-state index in [2.05, 4.69) is 5.10 Å². The molecule has 1 rings (SSSR count). The Balaban J connectivity index is 3.32. The maximum Gasteiger partial charge on any atom is 0.176 e. The zero-order valence-corrected chi connectivity index (χ0v) is 5.96. The molecule has 0 radical (unpaired) electrons. The summed E-state index contributed by atoms with van der Waals surface area (Å²) in [6.45, 7) is 0. The molecule has 0 heterocycles. The van der Waals surface area contributed by atoms with Gasteiger partial charge in [0.05, 0.1) is 11.8 Å². The van der Waals surface area contributed by atoms with E-state index in [0.717, 1.165) is 18.3 Å². The van der Waals surface area contributed by atoms with Crippen LogP contribution in [0.25, 0.3) is 0 Å². The lowest BCUT2D eigenvalue weighted by Crippen LogP contribution is -1.96. The van der Waals surface area contributed by atoms with Gasteiger partial charge < -0.3 is 10.9 Å². The van der Waals surface area contributed by atoms with Crippen LogP contribution in [-0.2, 0) is 0 Å². The molecule has 0 bridgehead atoms. The van der Waals surface area contributed by atoms with Crippen molar-refractivity contribution in [3.63, 3.8) is 0 Å². The van der Waals surface area contributed by atoms with E-state index in [0.29, 0.717) is 0 Å². The van der Waals surface area contributed by atoms with Gasteiger partial charge in [-0.2, -0.15) is 5.10 Å². The van der Waals surface area contributed by atoms with Crippen molar-refractivity contribution < 1.29 is 13.9 Å². The fourth-order valence-corrected chi connectivity index (χ4v) is 0.751. The molecule has 0 saturated carbocycles. The monoisotopic (exact) mass is 172 g/mol. The normalized spacial score (nSPS) is 10.8. The summed E-state index contributed by atoms with van der Waals surface area (Å²) in [7, 11) is 0. The highest BCUT2D eigenvalue weighted by molar-refractivity contribution is 5.80. The van der Waals surface area contributed by atoms with Gasteiger partial charge in [-0.25, -0.2) is 8.78 Å².